The van der Waals surface area contributed by atoms with Crippen LogP contribution in [0.5, 0.6) is 0 Å². The maximum absolute atomic E-state index is 12.7. The minimum atomic E-state index is -0.779. The summed E-state index contributed by atoms with van der Waals surface area (Å²) in [5, 5.41) is 0. The zero-order valence-corrected chi connectivity index (χ0v) is 38.6. The van der Waals surface area contributed by atoms with E-state index in [2.05, 4.69) is 57.2 Å². The molecule has 0 heterocycles. The molecule has 0 radical (unpaired) electrons. The third-order valence-corrected chi connectivity index (χ3v) is 10.9. The van der Waals surface area contributed by atoms with Gasteiger partial charge in [0.05, 0.1) is 0 Å². The Bertz CT molecular complexity index is 984. The highest BCUT2D eigenvalue weighted by atomic mass is 16.6. The molecule has 0 amide bonds. The number of esters is 3. The van der Waals surface area contributed by atoms with Crippen molar-refractivity contribution in [3.05, 3.63) is 36.5 Å². The van der Waals surface area contributed by atoms with Crippen LogP contribution in [0.1, 0.15) is 258 Å². The van der Waals surface area contributed by atoms with Crippen molar-refractivity contribution in [3.8, 4) is 0 Å². The molecule has 58 heavy (non-hydrogen) atoms. The fourth-order valence-electron chi connectivity index (χ4n) is 7.16. The number of carbonyl (C=O) groups is 3. The van der Waals surface area contributed by atoms with Gasteiger partial charge in [-0.2, -0.15) is 0 Å². The van der Waals surface area contributed by atoms with Crippen LogP contribution in [0.4, 0.5) is 0 Å². The molecule has 0 saturated carbocycles. The number of carbonyl (C=O) groups excluding carboxylic acids is 3. The lowest BCUT2D eigenvalue weighted by molar-refractivity contribution is -0.167. The van der Waals surface area contributed by atoms with E-state index in [-0.39, 0.29) is 31.1 Å². The van der Waals surface area contributed by atoms with E-state index in [4.69, 9.17) is 14.2 Å². The lowest BCUT2D eigenvalue weighted by Crippen LogP contribution is -2.30. The Morgan fingerprint density at radius 1 is 0.362 bits per heavy atom. The Balaban J connectivity index is 4.09. The molecule has 0 bridgehead atoms. The average molecular weight is 815 g/mol. The van der Waals surface area contributed by atoms with Crippen LogP contribution in [-0.2, 0) is 28.6 Å². The average Bonchev–Trinajstić information content (AvgIpc) is 3.22. The predicted molar refractivity (Wildman–Crippen MR) is 247 cm³/mol. The van der Waals surface area contributed by atoms with Gasteiger partial charge in [0.25, 0.3) is 0 Å². The zero-order valence-electron chi connectivity index (χ0n) is 38.6. The molecule has 0 aliphatic carbocycles. The third kappa shape index (κ3) is 44.7. The van der Waals surface area contributed by atoms with Crippen molar-refractivity contribution in [3.63, 3.8) is 0 Å². The van der Waals surface area contributed by atoms with Gasteiger partial charge in [-0.1, -0.05) is 224 Å². The molecule has 338 valence electrons. The second kappa shape index (κ2) is 47.3. The first-order chi connectivity index (χ1) is 28.5. The van der Waals surface area contributed by atoms with Crippen LogP contribution in [0.2, 0.25) is 0 Å². The number of hydrogen-bond donors (Lipinski definition) is 0. The van der Waals surface area contributed by atoms with Gasteiger partial charge in [-0.05, 0) is 51.4 Å². The first-order valence-electron chi connectivity index (χ1n) is 25.0. The Morgan fingerprint density at radius 2 is 0.672 bits per heavy atom. The molecule has 0 aromatic carbocycles. The minimum absolute atomic E-state index is 0.0816. The van der Waals surface area contributed by atoms with Gasteiger partial charge < -0.3 is 14.2 Å². The number of rotatable bonds is 45. The molecule has 0 rings (SSSR count). The quantitative estimate of drug-likeness (QED) is 0.0264. The fraction of sp³-hybridized carbons (Fsp3) is 0.827. The van der Waals surface area contributed by atoms with Gasteiger partial charge in [-0.25, -0.2) is 0 Å². The van der Waals surface area contributed by atoms with E-state index in [1.807, 2.05) is 0 Å². The van der Waals surface area contributed by atoms with Crippen molar-refractivity contribution in [2.75, 3.05) is 13.2 Å². The molecule has 0 aliphatic heterocycles. The van der Waals surface area contributed by atoms with Crippen LogP contribution < -0.4 is 0 Å². The maximum Gasteiger partial charge on any atom is 0.306 e. The standard InChI is InChI=1S/C52H94O6/c1-4-7-10-13-15-17-19-21-22-23-24-25-26-27-28-29-31-32-34-36-39-42-45-51(54)57-48-49(47-56-50(53)44-41-38-12-9-6-3)58-52(55)46-43-40-37-35-33-30-20-18-16-14-11-8-5-2/h8,11,16,18,30,33,49H,4-7,9-10,12-15,17,19-29,31-32,34-48H2,1-3H3/b11-8-,18-16-,33-30-. The second-order valence-corrected chi connectivity index (χ2v) is 16.7. The Morgan fingerprint density at radius 3 is 1.05 bits per heavy atom. The monoisotopic (exact) mass is 815 g/mol. The van der Waals surface area contributed by atoms with E-state index >= 15 is 0 Å². The fourth-order valence-corrected chi connectivity index (χ4v) is 7.16. The summed E-state index contributed by atoms with van der Waals surface area (Å²) in [5.74, 6) is -0.919. The number of hydrogen-bond acceptors (Lipinski definition) is 6. The lowest BCUT2D eigenvalue weighted by atomic mass is 10.0. The Kier molecular flexibility index (Phi) is 45.4. The highest BCUT2D eigenvalue weighted by molar-refractivity contribution is 5.71. The lowest BCUT2D eigenvalue weighted by Gasteiger charge is -2.18. The van der Waals surface area contributed by atoms with Crippen molar-refractivity contribution in [2.45, 2.75) is 264 Å². The van der Waals surface area contributed by atoms with Gasteiger partial charge >= 0.3 is 17.9 Å². The van der Waals surface area contributed by atoms with E-state index in [0.29, 0.717) is 19.3 Å². The first kappa shape index (κ1) is 55.6. The number of ether oxygens (including phenoxy) is 3. The van der Waals surface area contributed by atoms with E-state index in [1.54, 1.807) is 0 Å². The molecule has 0 fully saturated rings. The molecule has 1 atom stereocenters. The summed E-state index contributed by atoms with van der Waals surface area (Å²) in [7, 11) is 0. The van der Waals surface area contributed by atoms with E-state index in [9.17, 15) is 14.4 Å². The number of unbranched alkanes of at least 4 members (excludes halogenated alkanes) is 28. The second-order valence-electron chi connectivity index (χ2n) is 16.7. The van der Waals surface area contributed by atoms with Gasteiger partial charge in [0.1, 0.15) is 13.2 Å². The molecule has 6 nitrogen and oxygen atoms in total. The van der Waals surface area contributed by atoms with Crippen molar-refractivity contribution in [2.24, 2.45) is 0 Å². The SMILES string of the molecule is CC/C=C\C/C=C\C/C=C\CCCCCC(=O)OC(COC(=O)CCCCCCC)COC(=O)CCCCCCCCCCCCCCCCCCCCCCCC. The molecule has 1 unspecified atom stereocenters. The van der Waals surface area contributed by atoms with Crippen LogP contribution in [0.25, 0.3) is 0 Å². The summed E-state index contributed by atoms with van der Waals surface area (Å²) in [5.41, 5.74) is 0. The van der Waals surface area contributed by atoms with Crippen molar-refractivity contribution in [1.29, 1.82) is 0 Å². The van der Waals surface area contributed by atoms with Gasteiger partial charge in [0.2, 0.25) is 0 Å². The van der Waals surface area contributed by atoms with Gasteiger partial charge in [0.15, 0.2) is 6.10 Å². The predicted octanol–water partition coefficient (Wildman–Crippen LogP) is 16.1. The highest BCUT2D eigenvalue weighted by Crippen LogP contribution is 2.16. The highest BCUT2D eigenvalue weighted by Gasteiger charge is 2.19. The van der Waals surface area contributed by atoms with Crippen LogP contribution in [-0.4, -0.2) is 37.2 Å². The van der Waals surface area contributed by atoms with Gasteiger partial charge in [0, 0.05) is 19.3 Å². The summed E-state index contributed by atoms with van der Waals surface area (Å²) in [6.45, 7) is 6.43. The largest absolute Gasteiger partial charge is 0.462 e. The molecular weight excluding hydrogens is 721 g/mol. The molecule has 0 aromatic heterocycles. The maximum atomic E-state index is 12.7. The third-order valence-electron chi connectivity index (χ3n) is 10.9. The van der Waals surface area contributed by atoms with Crippen molar-refractivity contribution in [1.82, 2.24) is 0 Å². The van der Waals surface area contributed by atoms with Crippen LogP contribution in [0.3, 0.4) is 0 Å². The molecule has 0 aliphatic rings. The summed E-state index contributed by atoms with van der Waals surface area (Å²) in [6, 6.07) is 0. The molecule has 0 saturated heterocycles. The Hall–Kier alpha value is -2.37. The summed E-state index contributed by atoms with van der Waals surface area (Å²) in [4.78, 5) is 37.5. The molecule has 6 heteroatoms. The molecule has 0 N–H and O–H groups in total. The van der Waals surface area contributed by atoms with Crippen molar-refractivity contribution < 1.29 is 28.6 Å². The first-order valence-corrected chi connectivity index (χ1v) is 25.0. The smallest absolute Gasteiger partial charge is 0.306 e. The topological polar surface area (TPSA) is 78.9 Å². The van der Waals surface area contributed by atoms with Crippen LogP contribution in [0.15, 0.2) is 36.5 Å². The molecule has 0 aromatic rings. The zero-order chi connectivity index (χ0) is 42.3. The minimum Gasteiger partial charge on any atom is -0.462 e. The van der Waals surface area contributed by atoms with Crippen LogP contribution in [0, 0.1) is 0 Å². The summed E-state index contributed by atoms with van der Waals surface area (Å²) >= 11 is 0. The van der Waals surface area contributed by atoms with Gasteiger partial charge in [-0.15, -0.1) is 0 Å². The summed E-state index contributed by atoms with van der Waals surface area (Å²) < 4.78 is 16.6. The Labute approximate surface area is 359 Å². The summed E-state index contributed by atoms with van der Waals surface area (Å²) in [6.07, 6.45) is 54.7. The van der Waals surface area contributed by atoms with Gasteiger partial charge in [-0.3, -0.25) is 14.4 Å². The molecule has 0 spiro atoms. The van der Waals surface area contributed by atoms with E-state index in [1.165, 1.54) is 128 Å². The van der Waals surface area contributed by atoms with E-state index in [0.717, 1.165) is 89.9 Å². The van der Waals surface area contributed by atoms with E-state index < -0.39 is 6.10 Å². The number of allylic oxidation sites excluding steroid dienone is 6. The normalized spacial score (nSPS) is 12.3. The molecular formula is C52H94O6. The van der Waals surface area contributed by atoms with Crippen LogP contribution >= 0.6 is 0 Å². The van der Waals surface area contributed by atoms with Crippen molar-refractivity contribution >= 4 is 17.9 Å².